The Balaban J connectivity index is 0. The van der Waals surface area contributed by atoms with E-state index in [0.717, 1.165) is 11.8 Å². The van der Waals surface area contributed by atoms with Crippen LogP contribution in [0.15, 0.2) is 37.6 Å². The second-order valence-corrected chi connectivity index (χ2v) is 19.3. The lowest BCUT2D eigenvalue weighted by atomic mass is 9.89. The molecule has 0 amide bonds. The molecule has 0 aromatic rings. The van der Waals surface area contributed by atoms with Crippen LogP contribution in [0.1, 0.15) is 292 Å². The fourth-order valence-electron chi connectivity index (χ4n) is 9.19. The summed E-state index contributed by atoms with van der Waals surface area (Å²) in [6.45, 7) is 32.4. The number of likely N-dealkylation sites (tertiary alicyclic amines) is 1. The van der Waals surface area contributed by atoms with E-state index in [-0.39, 0.29) is 0 Å². The van der Waals surface area contributed by atoms with Gasteiger partial charge in [-0.3, -0.25) is 0 Å². The number of rotatable bonds is 44. The molecule has 0 spiro atoms. The summed E-state index contributed by atoms with van der Waals surface area (Å²) in [4.78, 5) is 4.98. The van der Waals surface area contributed by atoms with Gasteiger partial charge in [-0.05, 0) is 108 Å². The molecule has 60 heavy (non-hydrogen) atoms. The van der Waals surface area contributed by atoms with Gasteiger partial charge in [0.1, 0.15) is 0 Å². The van der Waals surface area contributed by atoms with Crippen LogP contribution >= 0.6 is 0 Å². The van der Waals surface area contributed by atoms with Gasteiger partial charge in [0.05, 0.1) is 0 Å². The molecular formula is C58H116N2. The van der Waals surface area contributed by atoms with Crippen LogP contribution in [-0.2, 0) is 0 Å². The van der Waals surface area contributed by atoms with Crippen LogP contribution in [0.5, 0.6) is 0 Å². The number of nitrogens with zero attached hydrogens (tertiary/aromatic N) is 2. The zero-order chi connectivity index (χ0) is 44.4. The molecule has 1 heterocycles. The average Bonchev–Trinajstić information content (AvgIpc) is 3.78. The van der Waals surface area contributed by atoms with Gasteiger partial charge in [0.2, 0.25) is 0 Å². The fourth-order valence-corrected chi connectivity index (χ4v) is 9.19. The highest BCUT2D eigenvalue weighted by Crippen LogP contribution is 2.25. The Morgan fingerprint density at radius 2 is 0.800 bits per heavy atom. The van der Waals surface area contributed by atoms with Crippen molar-refractivity contribution in [2.45, 2.75) is 292 Å². The predicted octanol–water partition coefficient (Wildman–Crippen LogP) is 20.0. The number of unbranched alkanes of at least 4 members (excludes halogenated alkanes) is 20. The van der Waals surface area contributed by atoms with Gasteiger partial charge >= 0.3 is 0 Å². The quantitative estimate of drug-likeness (QED) is 0.0445. The van der Waals surface area contributed by atoms with Crippen molar-refractivity contribution >= 4 is 0 Å². The van der Waals surface area contributed by atoms with E-state index in [2.05, 4.69) is 77.3 Å². The van der Waals surface area contributed by atoms with E-state index < -0.39 is 0 Å². The van der Waals surface area contributed by atoms with Crippen molar-refractivity contribution in [1.29, 1.82) is 0 Å². The monoisotopic (exact) mass is 841 g/mol. The van der Waals surface area contributed by atoms with Crippen molar-refractivity contribution < 1.29 is 0 Å². The van der Waals surface area contributed by atoms with Crippen molar-refractivity contribution in [3.63, 3.8) is 0 Å². The maximum atomic E-state index is 4.40. The first-order chi connectivity index (χ1) is 29.4. The van der Waals surface area contributed by atoms with Crippen molar-refractivity contribution in [2.24, 2.45) is 11.8 Å². The maximum Gasteiger partial charge on any atom is 0.0172 e. The minimum atomic E-state index is 0.987. The fraction of sp³-hybridized carbons (Fsp3) is 0.897. The first-order valence-electron chi connectivity index (χ1n) is 27.8. The Labute approximate surface area is 382 Å². The SMILES string of the molecule is C=CCCCCCCCN(C=C)CCCCCCCC(=C)CCCCC(CCCCC)CCCCC.CCCCCC(CCCCC)CCCCC.CCCN1CCCC1. The third-order valence-electron chi connectivity index (χ3n) is 13.3. The van der Waals surface area contributed by atoms with Crippen LogP contribution in [0.3, 0.4) is 0 Å². The van der Waals surface area contributed by atoms with Crippen molar-refractivity contribution in [1.82, 2.24) is 9.80 Å². The van der Waals surface area contributed by atoms with E-state index in [1.807, 2.05) is 6.08 Å². The average molecular weight is 842 g/mol. The highest BCUT2D eigenvalue weighted by molar-refractivity contribution is 4.93. The number of allylic oxidation sites excluding steroid dienone is 2. The Kier molecular flexibility index (Phi) is 53.3. The summed E-state index contributed by atoms with van der Waals surface area (Å²) in [6, 6.07) is 0. The minimum Gasteiger partial charge on any atom is -0.378 e. The summed E-state index contributed by atoms with van der Waals surface area (Å²) in [5.41, 5.74) is 1.51. The summed E-state index contributed by atoms with van der Waals surface area (Å²) in [6.07, 6.45) is 58.4. The van der Waals surface area contributed by atoms with Gasteiger partial charge in [-0.15, -0.1) is 6.58 Å². The van der Waals surface area contributed by atoms with Gasteiger partial charge in [-0.25, -0.2) is 0 Å². The molecule has 1 aliphatic heterocycles. The summed E-state index contributed by atoms with van der Waals surface area (Å²) >= 11 is 0. The molecule has 1 saturated heterocycles. The normalized spacial score (nSPS) is 12.7. The number of hydrogen-bond acceptors (Lipinski definition) is 2. The zero-order valence-electron chi connectivity index (χ0n) is 42.9. The molecule has 358 valence electrons. The molecule has 0 saturated carbocycles. The molecule has 1 rings (SSSR count). The molecule has 0 radical (unpaired) electrons. The molecule has 0 aromatic carbocycles. The zero-order valence-corrected chi connectivity index (χ0v) is 42.9. The van der Waals surface area contributed by atoms with E-state index in [0.29, 0.717) is 0 Å². The molecule has 0 bridgehead atoms. The van der Waals surface area contributed by atoms with E-state index >= 15 is 0 Å². The van der Waals surface area contributed by atoms with E-state index in [1.54, 1.807) is 0 Å². The smallest absolute Gasteiger partial charge is 0.0172 e. The van der Waals surface area contributed by atoms with Gasteiger partial charge in [0, 0.05) is 13.1 Å². The van der Waals surface area contributed by atoms with Crippen LogP contribution in [0.25, 0.3) is 0 Å². The second kappa shape index (κ2) is 52.3. The summed E-state index contributed by atoms with van der Waals surface area (Å²) in [7, 11) is 0. The van der Waals surface area contributed by atoms with E-state index in [9.17, 15) is 0 Å². The maximum absolute atomic E-state index is 4.40. The van der Waals surface area contributed by atoms with Gasteiger partial charge in [-0.2, -0.15) is 0 Å². The van der Waals surface area contributed by atoms with E-state index in [4.69, 9.17) is 0 Å². The highest BCUT2D eigenvalue weighted by atomic mass is 15.1. The minimum absolute atomic E-state index is 0.987. The van der Waals surface area contributed by atoms with Crippen LogP contribution in [-0.4, -0.2) is 42.5 Å². The summed E-state index contributed by atoms with van der Waals surface area (Å²) in [5.74, 6) is 2.03. The Morgan fingerprint density at radius 3 is 1.17 bits per heavy atom. The Morgan fingerprint density at radius 1 is 0.450 bits per heavy atom. The van der Waals surface area contributed by atoms with Crippen molar-refractivity contribution in [3.05, 3.63) is 37.6 Å². The van der Waals surface area contributed by atoms with Gasteiger partial charge < -0.3 is 9.80 Å². The van der Waals surface area contributed by atoms with Crippen LogP contribution in [0.4, 0.5) is 0 Å². The molecule has 0 N–H and O–H groups in total. The second-order valence-electron chi connectivity index (χ2n) is 19.3. The molecule has 1 aliphatic rings. The van der Waals surface area contributed by atoms with Gasteiger partial charge in [-0.1, -0.05) is 246 Å². The molecule has 1 fully saturated rings. The molecule has 0 aromatic heterocycles. The first-order valence-corrected chi connectivity index (χ1v) is 27.8. The Hall–Kier alpha value is -1.02. The Bertz CT molecular complexity index is 793. The molecule has 0 unspecified atom stereocenters. The predicted molar refractivity (Wildman–Crippen MR) is 279 cm³/mol. The molecule has 0 aliphatic carbocycles. The highest BCUT2D eigenvalue weighted by Gasteiger charge is 2.10. The summed E-state index contributed by atoms with van der Waals surface area (Å²) < 4.78 is 0. The lowest BCUT2D eigenvalue weighted by Crippen LogP contribution is -2.19. The standard InChI is InChI=1S/C35H67N.C16H34.C7H15N/c1-6-10-13-14-15-18-25-32-36(9-4)33-26-19-16-17-22-27-34(5)28-23-24-31-35(29-20-11-7-2)30-21-12-8-3;1-4-7-10-13-16(14-11-8-5-2)15-12-9-6-3;1-2-5-8-6-3-4-7-8/h6,9,35H,1,4-5,7-8,10-33H2,2-3H3;16H,4-15H2,1-3H3;2-7H2,1H3. The van der Waals surface area contributed by atoms with Crippen molar-refractivity contribution in [3.8, 4) is 0 Å². The lowest BCUT2D eigenvalue weighted by molar-refractivity contribution is 0.339. The molecule has 2 heteroatoms. The largest absolute Gasteiger partial charge is 0.378 e. The molecular weight excluding hydrogens is 725 g/mol. The summed E-state index contributed by atoms with van der Waals surface area (Å²) in [5, 5.41) is 0. The third-order valence-corrected chi connectivity index (χ3v) is 13.3. The van der Waals surface area contributed by atoms with Crippen molar-refractivity contribution in [2.75, 3.05) is 32.7 Å². The molecule has 2 nitrogen and oxygen atoms in total. The van der Waals surface area contributed by atoms with Crippen LogP contribution in [0.2, 0.25) is 0 Å². The first kappa shape index (κ1) is 61.1. The van der Waals surface area contributed by atoms with Crippen LogP contribution < -0.4 is 0 Å². The number of hydrogen-bond donors (Lipinski definition) is 0. The van der Waals surface area contributed by atoms with Gasteiger partial charge in [0.15, 0.2) is 0 Å². The molecule has 0 atom stereocenters. The van der Waals surface area contributed by atoms with E-state index in [1.165, 1.54) is 289 Å². The van der Waals surface area contributed by atoms with Crippen LogP contribution in [0, 0.1) is 11.8 Å². The lowest BCUT2D eigenvalue weighted by Gasteiger charge is -2.19. The van der Waals surface area contributed by atoms with Gasteiger partial charge in [0.25, 0.3) is 0 Å². The topological polar surface area (TPSA) is 6.48 Å². The third kappa shape index (κ3) is 46.5.